The summed E-state index contributed by atoms with van der Waals surface area (Å²) >= 11 is 0. The van der Waals surface area contributed by atoms with Crippen molar-refractivity contribution in [3.8, 4) is 0 Å². The van der Waals surface area contributed by atoms with E-state index in [9.17, 15) is 18.0 Å². The fourth-order valence-electron chi connectivity index (χ4n) is 1.41. The maximum absolute atomic E-state index is 12.4. The van der Waals surface area contributed by atoms with Crippen molar-refractivity contribution in [2.45, 2.75) is 25.9 Å². The maximum atomic E-state index is 12.4. The Kier molecular flexibility index (Phi) is 4.15. The summed E-state index contributed by atoms with van der Waals surface area (Å²) in [7, 11) is 0. The van der Waals surface area contributed by atoms with Gasteiger partial charge in [-0.05, 0) is 24.5 Å². The topological polar surface area (TPSA) is 37.3 Å². The molecular weight excluding hydrogens is 233 g/mol. The van der Waals surface area contributed by atoms with Crippen LogP contribution in [0.2, 0.25) is 0 Å². The van der Waals surface area contributed by atoms with Gasteiger partial charge in [-0.2, -0.15) is 13.2 Å². The van der Waals surface area contributed by atoms with E-state index in [-0.39, 0.29) is 0 Å². The number of alkyl halides is 3. The molecule has 1 rings (SSSR count). The zero-order chi connectivity index (χ0) is 13.1. The minimum absolute atomic E-state index is 0.330. The van der Waals surface area contributed by atoms with E-state index >= 15 is 0 Å². The highest BCUT2D eigenvalue weighted by Crippen LogP contribution is 2.29. The van der Waals surface area contributed by atoms with Crippen LogP contribution >= 0.6 is 0 Å². The Hall–Kier alpha value is -1.52. The quantitative estimate of drug-likeness (QED) is 0.884. The molecule has 0 aliphatic rings. The van der Waals surface area contributed by atoms with Gasteiger partial charge in [0.25, 0.3) is 0 Å². The number of hydrogen-bond acceptors (Lipinski definition) is 1. The van der Waals surface area contributed by atoms with Crippen LogP contribution in [0.5, 0.6) is 0 Å². The molecule has 0 spiro atoms. The van der Waals surface area contributed by atoms with Gasteiger partial charge < -0.3 is 5.11 Å². The van der Waals surface area contributed by atoms with E-state index < -0.39 is 23.6 Å². The lowest BCUT2D eigenvalue weighted by molar-refractivity contribution is -0.141. The lowest BCUT2D eigenvalue weighted by Gasteiger charge is -2.09. The van der Waals surface area contributed by atoms with Crippen LogP contribution in [0.3, 0.4) is 0 Å². The monoisotopic (exact) mass is 246 g/mol. The first-order valence-electron chi connectivity index (χ1n) is 5.19. The van der Waals surface area contributed by atoms with Crippen molar-refractivity contribution in [2.24, 2.45) is 5.92 Å². The van der Waals surface area contributed by atoms with Crippen molar-refractivity contribution in [1.29, 1.82) is 0 Å². The predicted octanol–water partition coefficient (Wildman–Crippen LogP) is 3.36. The fraction of sp³-hybridized carbons (Fsp3) is 0.417. The van der Waals surface area contributed by atoms with Crippen LogP contribution in [0.15, 0.2) is 24.3 Å². The van der Waals surface area contributed by atoms with Gasteiger partial charge in [0.2, 0.25) is 0 Å². The number of carboxylic acid groups (broad SMARTS) is 1. The molecule has 1 unspecified atom stereocenters. The molecule has 0 aliphatic carbocycles. The van der Waals surface area contributed by atoms with Crippen LogP contribution in [0.4, 0.5) is 13.2 Å². The van der Waals surface area contributed by atoms with Crippen molar-refractivity contribution in [2.75, 3.05) is 0 Å². The summed E-state index contributed by atoms with van der Waals surface area (Å²) < 4.78 is 37.2. The Morgan fingerprint density at radius 2 is 2.06 bits per heavy atom. The standard InChI is InChI=1S/C12H13F3O2/c1-8(11(16)17)5-6-9-3-2-4-10(7-9)12(13,14)15/h2-4,7-8H,5-6H2,1H3,(H,16,17). The highest BCUT2D eigenvalue weighted by molar-refractivity contribution is 5.69. The van der Waals surface area contributed by atoms with Crippen LogP contribution in [0.1, 0.15) is 24.5 Å². The van der Waals surface area contributed by atoms with Crippen molar-refractivity contribution in [3.05, 3.63) is 35.4 Å². The van der Waals surface area contributed by atoms with Gasteiger partial charge >= 0.3 is 12.1 Å². The average Bonchev–Trinajstić information content (AvgIpc) is 2.25. The molecule has 0 bridgehead atoms. The number of aryl methyl sites for hydroxylation is 1. The van der Waals surface area contributed by atoms with Gasteiger partial charge in [-0.25, -0.2) is 0 Å². The van der Waals surface area contributed by atoms with E-state index in [1.165, 1.54) is 13.0 Å². The van der Waals surface area contributed by atoms with E-state index in [1.54, 1.807) is 6.07 Å². The third-order valence-electron chi connectivity index (χ3n) is 2.54. The minimum Gasteiger partial charge on any atom is -0.481 e. The van der Waals surface area contributed by atoms with E-state index in [1.807, 2.05) is 0 Å². The molecule has 0 aliphatic heterocycles. The summed E-state index contributed by atoms with van der Waals surface area (Å²) in [4.78, 5) is 10.6. The van der Waals surface area contributed by atoms with Gasteiger partial charge in [0.1, 0.15) is 0 Å². The fourth-order valence-corrected chi connectivity index (χ4v) is 1.41. The highest BCUT2D eigenvalue weighted by atomic mass is 19.4. The van der Waals surface area contributed by atoms with Gasteiger partial charge in [0, 0.05) is 0 Å². The maximum Gasteiger partial charge on any atom is 0.416 e. The summed E-state index contributed by atoms with van der Waals surface area (Å²) in [6.45, 7) is 1.54. The lowest BCUT2D eigenvalue weighted by Crippen LogP contribution is -2.10. The van der Waals surface area contributed by atoms with Crippen molar-refractivity contribution in [3.63, 3.8) is 0 Å². The van der Waals surface area contributed by atoms with Crippen LogP contribution < -0.4 is 0 Å². The molecule has 0 fully saturated rings. The van der Waals surface area contributed by atoms with Gasteiger partial charge in [-0.1, -0.05) is 25.1 Å². The SMILES string of the molecule is CC(CCc1cccc(C(F)(F)F)c1)C(=O)O. The molecule has 0 saturated carbocycles. The molecule has 0 amide bonds. The highest BCUT2D eigenvalue weighted by Gasteiger charge is 2.30. The third-order valence-corrected chi connectivity index (χ3v) is 2.54. The Labute approximate surface area is 97.1 Å². The Bertz CT molecular complexity index is 399. The van der Waals surface area contributed by atoms with Crippen LogP contribution in [0.25, 0.3) is 0 Å². The molecule has 5 heteroatoms. The molecule has 0 heterocycles. The van der Waals surface area contributed by atoms with Crippen molar-refractivity contribution in [1.82, 2.24) is 0 Å². The number of halogens is 3. The smallest absolute Gasteiger partial charge is 0.416 e. The molecule has 0 radical (unpaired) electrons. The number of rotatable bonds is 4. The second-order valence-electron chi connectivity index (χ2n) is 3.98. The molecule has 1 aromatic carbocycles. The van der Waals surface area contributed by atoms with Crippen LogP contribution in [-0.2, 0) is 17.4 Å². The molecule has 0 saturated heterocycles. The molecular formula is C12H13F3O2. The van der Waals surface area contributed by atoms with Gasteiger partial charge in [0.05, 0.1) is 11.5 Å². The lowest BCUT2D eigenvalue weighted by atomic mass is 10.00. The Morgan fingerprint density at radius 1 is 1.41 bits per heavy atom. The summed E-state index contributed by atoms with van der Waals surface area (Å²) in [6, 6.07) is 4.98. The zero-order valence-electron chi connectivity index (χ0n) is 9.29. The minimum atomic E-state index is -4.35. The van der Waals surface area contributed by atoms with E-state index in [2.05, 4.69) is 0 Å². The summed E-state index contributed by atoms with van der Waals surface area (Å²) in [5, 5.41) is 8.66. The molecule has 94 valence electrons. The third kappa shape index (κ3) is 4.09. The second kappa shape index (κ2) is 5.21. The molecule has 17 heavy (non-hydrogen) atoms. The first-order valence-corrected chi connectivity index (χ1v) is 5.19. The molecule has 2 nitrogen and oxygen atoms in total. The second-order valence-corrected chi connectivity index (χ2v) is 3.98. The number of aliphatic carboxylic acids is 1. The number of benzene rings is 1. The van der Waals surface area contributed by atoms with Gasteiger partial charge in [-0.3, -0.25) is 4.79 Å². The largest absolute Gasteiger partial charge is 0.481 e. The molecule has 1 atom stereocenters. The summed E-state index contributed by atoms with van der Waals surface area (Å²) in [5.74, 6) is -1.48. The summed E-state index contributed by atoms with van der Waals surface area (Å²) in [5.41, 5.74) is -0.189. The first-order chi connectivity index (χ1) is 7.80. The summed E-state index contributed by atoms with van der Waals surface area (Å²) in [6.07, 6.45) is -3.69. The zero-order valence-corrected chi connectivity index (χ0v) is 9.29. The van der Waals surface area contributed by atoms with E-state index in [0.717, 1.165) is 12.1 Å². The Balaban J connectivity index is 2.70. The molecule has 1 aromatic rings. The predicted molar refractivity (Wildman–Crippen MR) is 56.6 cm³/mol. The average molecular weight is 246 g/mol. The first kappa shape index (κ1) is 13.5. The van der Waals surface area contributed by atoms with Gasteiger partial charge in [-0.15, -0.1) is 0 Å². The van der Waals surface area contributed by atoms with Crippen molar-refractivity contribution >= 4 is 5.97 Å². The van der Waals surface area contributed by atoms with Crippen molar-refractivity contribution < 1.29 is 23.1 Å². The van der Waals surface area contributed by atoms with Crippen LogP contribution in [0, 0.1) is 5.92 Å². The molecule has 1 N–H and O–H groups in total. The van der Waals surface area contributed by atoms with Crippen LogP contribution in [-0.4, -0.2) is 11.1 Å². The van der Waals surface area contributed by atoms with Gasteiger partial charge in [0.15, 0.2) is 0 Å². The Morgan fingerprint density at radius 3 is 2.59 bits per heavy atom. The number of hydrogen-bond donors (Lipinski definition) is 1. The number of carboxylic acids is 1. The normalized spacial score (nSPS) is 13.4. The van der Waals surface area contributed by atoms with E-state index in [0.29, 0.717) is 18.4 Å². The van der Waals surface area contributed by atoms with E-state index in [4.69, 9.17) is 5.11 Å². The number of carbonyl (C=O) groups is 1. The molecule has 0 aromatic heterocycles.